The highest BCUT2D eigenvalue weighted by Gasteiger charge is 2.55. The third kappa shape index (κ3) is 3.90. The number of hydrogen-bond donors (Lipinski definition) is 0. The van der Waals surface area contributed by atoms with Crippen molar-refractivity contribution < 1.29 is 19.0 Å². The Bertz CT molecular complexity index is 1170. The highest BCUT2D eigenvalue weighted by Crippen LogP contribution is 2.61. The molecule has 0 N–H and O–H groups in total. The van der Waals surface area contributed by atoms with E-state index in [2.05, 4.69) is 0 Å². The van der Waals surface area contributed by atoms with Crippen LogP contribution in [0.25, 0.3) is 6.08 Å². The van der Waals surface area contributed by atoms with Crippen LogP contribution in [0.5, 0.6) is 11.5 Å². The second-order valence-corrected chi connectivity index (χ2v) is 10.7. The summed E-state index contributed by atoms with van der Waals surface area (Å²) < 4.78 is 17.3. The van der Waals surface area contributed by atoms with Crippen molar-refractivity contribution >= 4 is 29.5 Å². The average Bonchev–Trinajstić information content (AvgIpc) is 3.19. The number of rotatable bonds is 6. The van der Waals surface area contributed by atoms with Gasteiger partial charge in [0.1, 0.15) is 6.61 Å². The number of methoxy groups -OCH3 is 1. The second kappa shape index (κ2) is 8.46. The van der Waals surface area contributed by atoms with Crippen LogP contribution in [0.3, 0.4) is 0 Å². The summed E-state index contributed by atoms with van der Waals surface area (Å²) in [5.74, 6) is 3.79. The molecule has 176 valence electrons. The van der Waals surface area contributed by atoms with Crippen molar-refractivity contribution in [3.05, 3.63) is 64.3 Å². The standard InChI is InChI=1S/C28H28ClNO4/c1-32-25-12-17(6-7-24(25)33-16-21-4-2-3-5-22(21)29)11-23-26(31)34-27(30-23)28-13-18-8-19(14-28)10-20(9-18)15-28/h2-7,11-12,18-20H,8-10,13-16H2,1H3/b23-11-. The molecule has 0 saturated heterocycles. The molecule has 2 aromatic carbocycles. The highest BCUT2D eigenvalue weighted by atomic mass is 35.5. The number of hydrogen-bond acceptors (Lipinski definition) is 5. The zero-order chi connectivity index (χ0) is 23.3. The first-order valence-electron chi connectivity index (χ1n) is 12.1. The van der Waals surface area contributed by atoms with Crippen LogP contribution in [0, 0.1) is 23.2 Å². The molecule has 0 unspecified atom stereocenters. The third-order valence-corrected chi connectivity index (χ3v) is 8.31. The van der Waals surface area contributed by atoms with Gasteiger partial charge >= 0.3 is 5.97 Å². The number of ether oxygens (including phenoxy) is 3. The molecule has 6 heteroatoms. The van der Waals surface area contributed by atoms with Crippen LogP contribution in [-0.4, -0.2) is 19.0 Å². The van der Waals surface area contributed by atoms with Gasteiger partial charge in [0.2, 0.25) is 5.90 Å². The van der Waals surface area contributed by atoms with Gasteiger partial charge in [0.15, 0.2) is 17.2 Å². The number of carbonyl (C=O) groups is 1. The Morgan fingerprint density at radius 1 is 1.06 bits per heavy atom. The number of nitrogens with zero attached hydrogens (tertiary/aromatic N) is 1. The van der Waals surface area contributed by atoms with Gasteiger partial charge < -0.3 is 14.2 Å². The quantitative estimate of drug-likeness (QED) is 0.355. The number of benzene rings is 2. The van der Waals surface area contributed by atoms with Gasteiger partial charge in [-0.25, -0.2) is 9.79 Å². The topological polar surface area (TPSA) is 57.1 Å². The lowest BCUT2D eigenvalue weighted by atomic mass is 9.49. The molecule has 2 aromatic rings. The molecule has 0 aromatic heterocycles. The van der Waals surface area contributed by atoms with Crippen molar-refractivity contribution in [3.8, 4) is 11.5 Å². The van der Waals surface area contributed by atoms with E-state index < -0.39 is 0 Å². The molecule has 0 spiro atoms. The van der Waals surface area contributed by atoms with E-state index in [1.165, 1.54) is 19.3 Å². The molecule has 4 aliphatic carbocycles. The van der Waals surface area contributed by atoms with Crippen LogP contribution in [0.2, 0.25) is 5.02 Å². The third-order valence-electron chi connectivity index (χ3n) is 7.94. The zero-order valence-electron chi connectivity index (χ0n) is 19.3. The van der Waals surface area contributed by atoms with Crippen molar-refractivity contribution in [3.63, 3.8) is 0 Å². The average molecular weight is 478 g/mol. The van der Waals surface area contributed by atoms with Crippen molar-refractivity contribution in [1.82, 2.24) is 0 Å². The van der Waals surface area contributed by atoms with Crippen molar-refractivity contribution in [2.24, 2.45) is 28.2 Å². The molecule has 7 rings (SSSR count). The van der Waals surface area contributed by atoms with E-state index in [4.69, 9.17) is 30.8 Å². The molecule has 5 aliphatic rings. The zero-order valence-corrected chi connectivity index (χ0v) is 20.0. The first kappa shape index (κ1) is 21.7. The Morgan fingerprint density at radius 3 is 2.44 bits per heavy atom. The van der Waals surface area contributed by atoms with E-state index in [9.17, 15) is 4.79 Å². The minimum atomic E-state index is -0.358. The van der Waals surface area contributed by atoms with Gasteiger partial charge in [-0.1, -0.05) is 35.9 Å². The number of esters is 1. The number of aliphatic imine (C=N–C) groups is 1. The summed E-state index contributed by atoms with van der Waals surface area (Å²) in [7, 11) is 1.60. The SMILES string of the molecule is COc1cc(/C=C2\N=C(C34CC5CC(CC(C5)C3)C4)OC2=O)ccc1OCc1ccccc1Cl. The Balaban J connectivity index is 1.22. The van der Waals surface area contributed by atoms with Gasteiger partial charge in [0.05, 0.1) is 7.11 Å². The summed E-state index contributed by atoms with van der Waals surface area (Å²) in [6.45, 7) is 0.335. The summed E-state index contributed by atoms with van der Waals surface area (Å²) in [5, 5.41) is 0.662. The Kier molecular flexibility index (Phi) is 5.40. The molecular weight excluding hydrogens is 450 g/mol. The lowest BCUT2D eigenvalue weighted by molar-refractivity contribution is -0.131. The lowest BCUT2D eigenvalue weighted by Crippen LogP contribution is -2.50. The van der Waals surface area contributed by atoms with Crippen molar-refractivity contribution in [2.75, 3.05) is 7.11 Å². The van der Waals surface area contributed by atoms with Gasteiger partial charge in [-0.05, 0) is 86.1 Å². The molecule has 4 fully saturated rings. The predicted molar refractivity (Wildman–Crippen MR) is 131 cm³/mol. The first-order valence-corrected chi connectivity index (χ1v) is 12.5. The van der Waals surface area contributed by atoms with E-state index in [0.717, 1.165) is 48.1 Å². The molecule has 5 nitrogen and oxygen atoms in total. The van der Waals surface area contributed by atoms with Gasteiger partial charge in [0.25, 0.3) is 0 Å². The van der Waals surface area contributed by atoms with E-state index in [-0.39, 0.29) is 11.4 Å². The molecule has 0 amide bonds. The maximum Gasteiger partial charge on any atom is 0.363 e. The van der Waals surface area contributed by atoms with Gasteiger partial charge in [-0.2, -0.15) is 0 Å². The Labute approximate surface area is 204 Å². The van der Waals surface area contributed by atoms with Crippen LogP contribution in [0.15, 0.2) is 53.2 Å². The summed E-state index contributed by atoms with van der Waals surface area (Å²) in [6, 6.07) is 13.2. The number of halogens is 1. The van der Waals surface area contributed by atoms with E-state index in [1.807, 2.05) is 42.5 Å². The lowest BCUT2D eigenvalue weighted by Gasteiger charge is -2.55. The first-order chi connectivity index (χ1) is 16.5. The van der Waals surface area contributed by atoms with E-state index in [1.54, 1.807) is 13.2 Å². The number of cyclic esters (lactones) is 1. The minimum absolute atomic E-state index is 0.0336. The fraction of sp³-hybridized carbons (Fsp3) is 0.429. The minimum Gasteiger partial charge on any atom is -0.493 e. The summed E-state index contributed by atoms with van der Waals surface area (Å²) in [5.41, 5.74) is 2.04. The summed E-state index contributed by atoms with van der Waals surface area (Å²) >= 11 is 6.23. The normalized spacial score (nSPS) is 30.4. The van der Waals surface area contributed by atoms with Crippen molar-refractivity contribution in [1.29, 1.82) is 0 Å². The summed E-state index contributed by atoms with van der Waals surface area (Å²) in [6.07, 6.45) is 9.14. The van der Waals surface area contributed by atoms with Crippen LogP contribution >= 0.6 is 11.6 Å². The molecule has 1 aliphatic heterocycles. The molecule has 0 atom stereocenters. The Hall–Kier alpha value is -2.79. The van der Waals surface area contributed by atoms with E-state index in [0.29, 0.717) is 34.7 Å². The van der Waals surface area contributed by atoms with Crippen LogP contribution < -0.4 is 9.47 Å². The fourth-order valence-corrected chi connectivity index (χ4v) is 7.02. The maximum absolute atomic E-state index is 12.7. The van der Waals surface area contributed by atoms with Crippen LogP contribution in [0.1, 0.15) is 49.7 Å². The maximum atomic E-state index is 12.7. The molecule has 4 bridgehead atoms. The molecular formula is C28H28ClNO4. The van der Waals surface area contributed by atoms with Gasteiger partial charge in [-0.15, -0.1) is 0 Å². The molecule has 34 heavy (non-hydrogen) atoms. The van der Waals surface area contributed by atoms with Crippen LogP contribution in [-0.2, 0) is 16.1 Å². The highest BCUT2D eigenvalue weighted by molar-refractivity contribution is 6.31. The molecule has 1 heterocycles. The predicted octanol–water partition coefficient (Wildman–Crippen LogP) is 6.44. The molecule has 4 saturated carbocycles. The Morgan fingerprint density at radius 2 is 1.76 bits per heavy atom. The monoisotopic (exact) mass is 477 g/mol. The van der Waals surface area contributed by atoms with E-state index >= 15 is 0 Å². The second-order valence-electron chi connectivity index (χ2n) is 10.3. The summed E-state index contributed by atoms with van der Waals surface area (Å²) in [4.78, 5) is 17.5. The molecule has 0 radical (unpaired) electrons. The fourth-order valence-electron chi connectivity index (χ4n) is 6.83. The van der Waals surface area contributed by atoms with Crippen LogP contribution in [0.4, 0.5) is 0 Å². The largest absolute Gasteiger partial charge is 0.493 e. The number of carbonyl (C=O) groups excluding carboxylic acids is 1. The van der Waals surface area contributed by atoms with Crippen molar-refractivity contribution in [2.45, 2.75) is 45.1 Å². The van der Waals surface area contributed by atoms with Gasteiger partial charge in [0, 0.05) is 16.0 Å². The smallest absolute Gasteiger partial charge is 0.363 e. The van der Waals surface area contributed by atoms with Gasteiger partial charge in [-0.3, -0.25) is 0 Å².